The summed E-state index contributed by atoms with van der Waals surface area (Å²) in [5.41, 5.74) is 2.44. The zero-order chi connectivity index (χ0) is 12.5. The molecule has 0 aliphatic heterocycles. The van der Waals surface area contributed by atoms with Crippen LogP contribution >= 0.6 is 11.6 Å². The number of aromatic nitrogens is 1. The fourth-order valence-corrected chi connectivity index (χ4v) is 2.22. The van der Waals surface area contributed by atoms with E-state index in [0.29, 0.717) is 10.6 Å². The predicted molar refractivity (Wildman–Crippen MR) is 73.9 cm³/mol. The molecule has 2 nitrogen and oxygen atoms in total. The van der Waals surface area contributed by atoms with Gasteiger partial charge in [0.1, 0.15) is 5.75 Å². The Hall–Kier alpha value is -2.06. The van der Waals surface area contributed by atoms with Crippen molar-refractivity contribution in [2.75, 3.05) is 0 Å². The number of halogens is 1. The molecule has 1 heterocycles. The van der Waals surface area contributed by atoms with Crippen LogP contribution < -0.4 is 0 Å². The van der Waals surface area contributed by atoms with E-state index in [2.05, 4.69) is 4.98 Å². The maximum Gasteiger partial charge on any atom is 0.123 e. The van der Waals surface area contributed by atoms with Crippen molar-refractivity contribution >= 4 is 22.5 Å². The lowest BCUT2D eigenvalue weighted by Gasteiger charge is -2.08. The minimum Gasteiger partial charge on any atom is -0.507 e. The molecule has 0 aliphatic rings. The zero-order valence-corrected chi connectivity index (χ0v) is 10.2. The maximum absolute atomic E-state index is 9.96. The second-order valence-electron chi connectivity index (χ2n) is 4.04. The molecule has 1 N–H and O–H groups in total. The Morgan fingerprint density at radius 3 is 2.67 bits per heavy atom. The molecule has 0 fully saturated rings. The Balaban J connectivity index is 2.35. The SMILES string of the molecule is Oc1ccc(Cl)cc1-c1cccc2cccnc12. The fraction of sp³-hybridized carbons (Fsp3) is 0. The van der Waals surface area contributed by atoms with Crippen molar-refractivity contribution in [1.29, 1.82) is 0 Å². The molecule has 18 heavy (non-hydrogen) atoms. The highest BCUT2D eigenvalue weighted by Crippen LogP contribution is 2.35. The van der Waals surface area contributed by atoms with Gasteiger partial charge in [-0.2, -0.15) is 0 Å². The third kappa shape index (κ3) is 1.81. The number of hydrogen-bond donors (Lipinski definition) is 1. The van der Waals surface area contributed by atoms with E-state index in [1.54, 1.807) is 24.4 Å². The quantitative estimate of drug-likeness (QED) is 0.705. The summed E-state index contributed by atoms with van der Waals surface area (Å²) in [6.45, 7) is 0. The van der Waals surface area contributed by atoms with Gasteiger partial charge in [0, 0.05) is 27.7 Å². The number of rotatable bonds is 1. The van der Waals surface area contributed by atoms with Crippen LogP contribution in [0.4, 0.5) is 0 Å². The largest absolute Gasteiger partial charge is 0.507 e. The minimum atomic E-state index is 0.206. The lowest BCUT2D eigenvalue weighted by Crippen LogP contribution is -1.85. The maximum atomic E-state index is 9.96. The molecule has 0 spiro atoms. The molecule has 3 heteroatoms. The van der Waals surface area contributed by atoms with Gasteiger partial charge in [0.15, 0.2) is 0 Å². The van der Waals surface area contributed by atoms with Gasteiger partial charge in [-0.1, -0.05) is 35.9 Å². The van der Waals surface area contributed by atoms with Crippen LogP contribution in [0.1, 0.15) is 0 Å². The van der Waals surface area contributed by atoms with Gasteiger partial charge in [0.25, 0.3) is 0 Å². The Morgan fingerprint density at radius 2 is 1.78 bits per heavy atom. The molecule has 3 rings (SSSR count). The van der Waals surface area contributed by atoms with Crippen LogP contribution in [-0.2, 0) is 0 Å². The second kappa shape index (κ2) is 4.31. The Kier molecular flexibility index (Phi) is 2.65. The third-order valence-corrected chi connectivity index (χ3v) is 3.12. The first-order valence-corrected chi connectivity index (χ1v) is 5.96. The van der Waals surface area contributed by atoms with Crippen molar-refractivity contribution in [3.63, 3.8) is 0 Å². The molecule has 3 aromatic rings. The molecule has 0 atom stereocenters. The van der Waals surface area contributed by atoms with E-state index >= 15 is 0 Å². The Morgan fingerprint density at radius 1 is 0.944 bits per heavy atom. The first-order valence-electron chi connectivity index (χ1n) is 5.58. The van der Waals surface area contributed by atoms with Gasteiger partial charge in [-0.05, 0) is 24.3 Å². The van der Waals surface area contributed by atoms with Gasteiger partial charge in [-0.25, -0.2) is 0 Å². The molecule has 0 bridgehead atoms. The smallest absolute Gasteiger partial charge is 0.123 e. The normalized spacial score (nSPS) is 10.7. The van der Waals surface area contributed by atoms with Crippen LogP contribution in [-0.4, -0.2) is 10.1 Å². The number of aromatic hydroxyl groups is 1. The molecule has 0 saturated carbocycles. The van der Waals surface area contributed by atoms with Crippen LogP contribution in [0.3, 0.4) is 0 Å². The first-order chi connectivity index (χ1) is 8.75. The number of hydrogen-bond acceptors (Lipinski definition) is 2. The minimum absolute atomic E-state index is 0.206. The van der Waals surface area contributed by atoms with E-state index in [0.717, 1.165) is 16.5 Å². The monoisotopic (exact) mass is 255 g/mol. The van der Waals surface area contributed by atoms with Crippen molar-refractivity contribution in [1.82, 2.24) is 4.98 Å². The van der Waals surface area contributed by atoms with E-state index in [-0.39, 0.29) is 5.75 Å². The highest BCUT2D eigenvalue weighted by atomic mass is 35.5. The van der Waals surface area contributed by atoms with Crippen molar-refractivity contribution in [3.8, 4) is 16.9 Å². The average molecular weight is 256 g/mol. The number of fused-ring (bicyclic) bond motifs is 1. The summed E-state index contributed by atoms with van der Waals surface area (Å²) in [5, 5.41) is 11.6. The van der Waals surface area contributed by atoms with E-state index in [1.165, 1.54) is 0 Å². The highest BCUT2D eigenvalue weighted by Gasteiger charge is 2.09. The topological polar surface area (TPSA) is 33.1 Å². The number of phenols is 1. The molecule has 1 aromatic heterocycles. The van der Waals surface area contributed by atoms with Crippen LogP contribution in [0.15, 0.2) is 54.7 Å². The molecular weight excluding hydrogens is 246 g/mol. The van der Waals surface area contributed by atoms with Crippen molar-refractivity contribution in [2.24, 2.45) is 0 Å². The van der Waals surface area contributed by atoms with Crippen molar-refractivity contribution < 1.29 is 5.11 Å². The average Bonchev–Trinajstić information content (AvgIpc) is 2.41. The summed E-state index contributed by atoms with van der Waals surface area (Å²) in [6.07, 6.45) is 1.74. The van der Waals surface area contributed by atoms with Gasteiger partial charge in [-0.15, -0.1) is 0 Å². The van der Waals surface area contributed by atoms with Crippen LogP contribution in [0, 0.1) is 0 Å². The van der Waals surface area contributed by atoms with E-state index in [4.69, 9.17) is 11.6 Å². The number of benzene rings is 2. The van der Waals surface area contributed by atoms with Crippen molar-refractivity contribution in [2.45, 2.75) is 0 Å². The van der Waals surface area contributed by atoms with Gasteiger partial charge >= 0.3 is 0 Å². The standard InChI is InChI=1S/C15H10ClNO/c16-11-6-7-14(18)13(9-11)12-5-1-3-10-4-2-8-17-15(10)12/h1-9,18H. The third-order valence-electron chi connectivity index (χ3n) is 2.88. The fourth-order valence-electron chi connectivity index (χ4n) is 2.05. The van der Waals surface area contributed by atoms with Crippen LogP contribution in [0.5, 0.6) is 5.75 Å². The molecule has 0 unspecified atom stereocenters. The summed E-state index contributed by atoms with van der Waals surface area (Å²) in [4.78, 5) is 4.37. The highest BCUT2D eigenvalue weighted by molar-refractivity contribution is 6.31. The van der Waals surface area contributed by atoms with E-state index in [1.807, 2.05) is 30.3 Å². The first kappa shape index (κ1) is 11.1. The van der Waals surface area contributed by atoms with Gasteiger partial charge in [0.2, 0.25) is 0 Å². The molecule has 0 aliphatic carbocycles. The van der Waals surface area contributed by atoms with Gasteiger partial charge in [0.05, 0.1) is 5.52 Å². The van der Waals surface area contributed by atoms with E-state index in [9.17, 15) is 5.11 Å². The Bertz CT molecular complexity index is 719. The molecule has 0 saturated heterocycles. The predicted octanol–water partition coefficient (Wildman–Crippen LogP) is 4.26. The number of nitrogens with zero attached hydrogens (tertiary/aromatic N) is 1. The number of para-hydroxylation sites is 1. The molecular formula is C15H10ClNO. The number of phenolic OH excluding ortho intramolecular Hbond substituents is 1. The zero-order valence-electron chi connectivity index (χ0n) is 9.47. The lowest BCUT2D eigenvalue weighted by atomic mass is 10.0. The van der Waals surface area contributed by atoms with E-state index < -0.39 is 0 Å². The number of pyridine rings is 1. The van der Waals surface area contributed by atoms with Gasteiger partial charge in [-0.3, -0.25) is 4.98 Å². The lowest BCUT2D eigenvalue weighted by molar-refractivity contribution is 0.477. The summed E-state index contributed by atoms with van der Waals surface area (Å²) in [6, 6.07) is 14.8. The van der Waals surface area contributed by atoms with Crippen LogP contribution in [0.25, 0.3) is 22.0 Å². The summed E-state index contributed by atoms with van der Waals surface area (Å²) in [5.74, 6) is 0.206. The molecule has 2 aromatic carbocycles. The molecule has 0 radical (unpaired) electrons. The Labute approximate surface area is 109 Å². The second-order valence-corrected chi connectivity index (χ2v) is 4.48. The molecule has 88 valence electrons. The molecule has 0 amide bonds. The van der Waals surface area contributed by atoms with Gasteiger partial charge < -0.3 is 5.11 Å². The summed E-state index contributed by atoms with van der Waals surface area (Å²) in [7, 11) is 0. The summed E-state index contributed by atoms with van der Waals surface area (Å²) >= 11 is 5.99. The van der Waals surface area contributed by atoms with Crippen molar-refractivity contribution in [3.05, 3.63) is 59.8 Å². The van der Waals surface area contributed by atoms with Crippen LogP contribution in [0.2, 0.25) is 5.02 Å². The summed E-state index contributed by atoms with van der Waals surface area (Å²) < 4.78 is 0.